The van der Waals surface area contributed by atoms with Gasteiger partial charge in [-0.25, -0.2) is 0 Å². The number of hydrogen-bond donors (Lipinski definition) is 0. The SMILES string of the molecule is CO[Si](C)(CCCCCC[SiH](CCCCCC[Si](C)(OC)OC)CCCCCC[Si](C)(OC)OC)OC. The predicted molar refractivity (Wildman–Crippen MR) is 168 cm³/mol. The van der Waals surface area contributed by atoms with E-state index >= 15 is 0 Å². The molecule has 224 valence electrons. The Morgan fingerprint density at radius 1 is 0.351 bits per heavy atom. The van der Waals surface area contributed by atoms with Gasteiger partial charge in [0.15, 0.2) is 0 Å². The van der Waals surface area contributed by atoms with Crippen LogP contribution in [0.2, 0.25) is 55.9 Å². The molecule has 37 heavy (non-hydrogen) atoms. The highest BCUT2D eigenvalue weighted by Crippen LogP contribution is 2.23. The summed E-state index contributed by atoms with van der Waals surface area (Å²) < 4.78 is 33.8. The van der Waals surface area contributed by atoms with Gasteiger partial charge in [-0.1, -0.05) is 95.2 Å². The Labute approximate surface area is 236 Å². The summed E-state index contributed by atoms with van der Waals surface area (Å²) in [6.07, 6.45) is 16.1. The van der Waals surface area contributed by atoms with Crippen LogP contribution in [0.1, 0.15) is 77.0 Å². The third kappa shape index (κ3) is 18.6. The standard InChI is InChI=1S/C27H64O6Si4/c1-28-35(7,29-2)25-19-13-10-16-22-34(23-17-11-14-20-26-36(8,30-3)31-4)24-18-12-15-21-27-37(9,32-5)33-6/h34H,10-27H2,1-9H3. The molecule has 0 saturated heterocycles. The van der Waals surface area contributed by atoms with Crippen molar-refractivity contribution < 1.29 is 26.6 Å². The first-order valence-electron chi connectivity index (χ1n) is 15.0. The van der Waals surface area contributed by atoms with Crippen LogP contribution in [0.5, 0.6) is 0 Å². The average molecular weight is 597 g/mol. The Balaban J connectivity index is 4.33. The number of unbranched alkanes of at least 4 members (excludes halogenated alkanes) is 9. The van der Waals surface area contributed by atoms with Gasteiger partial charge in [0.2, 0.25) is 0 Å². The maximum Gasteiger partial charge on any atom is 0.334 e. The smallest absolute Gasteiger partial charge is 0.334 e. The van der Waals surface area contributed by atoms with Crippen molar-refractivity contribution >= 4 is 34.5 Å². The number of rotatable bonds is 27. The van der Waals surface area contributed by atoms with Gasteiger partial charge in [-0.15, -0.1) is 0 Å². The summed E-state index contributed by atoms with van der Waals surface area (Å²) in [5.74, 6) is 0. The van der Waals surface area contributed by atoms with Gasteiger partial charge in [-0.3, -0.25) is 0 Å². The molecular weight excluding hydrogens is 533 g/mol. The fraction of sp³-hybridized carbons (Fsp3) is 1.00. The van der Waals surface area contributed by atoms with Crippen molar-refractivity contribution in [1.29, 1.82) is 0 Å². The highest BCUT2D eigenvalue weighted by atomic mass is 28.4. The van der Waals surface area contributed by atoms with E-state index in [9.17, 15) is 0 Å². The summed E-state index contributed by atoms with van der Waals surface area (Å²) in [5.41, 5.74) is 0. The van der Waals surface area contributed by atoms with E-state index in [0.717, 1.165) is 18.1 Å². The van der Waals surface area contributed by atoms with Crippen LogP contribution in [-0.2, 0) is 26.6 Å². The van der Waals surface area contributed by atoms with Crippen molar-refractivity contribution in [2.24, 2.45) is 0 Å². The van der Waals surface area contributed by atoms with Gasteiger partial charge in [0.25, 0.3) is 0 Å². The summed E-state index contributed by atoms with van der Waals surface area (Å²) >= 11 is 0. The molecule has 0 spiro atoms. The van der Waals surface area contributed by atoms with E-state index in [1.54, 1.807) is 42.7 Å². The molecule has 0 aromatic carbocycles. The first kappa shape index (κ1) is 37.6. The Bertz CT molecular complexity index is 446. The second-order valence-electron chi connectivity index (χ2n) is 11.4. The van der Waals surface area contributed by atoms with E-state index in [2.05, 4.69) is 19.6 Å². The summed E-state index contributed by atoms with van der Waals surface area (Å²) in [6.45, 7) is 6.53. The van der Waals surface area contributed by atoms with Crippen LogP contribution in [0, 0.1) is 0 Å². The Kier molecular flexibility index (Phi) is 22.7. The van der Waals surface area contributed by atoms with E-state index in [4.69, 9.17) is 26.6 Å². The van der Waals surface area contributed by atoms with Crippen LogP contribution in [0.3, 0.4) is 0 Å². The summed E-state index contributed by atoms with van der Waals surface area (Å²) in [7, 11) is 4.50. The maximum absolute atomic E-state index is 5.64. The number of hydrogen-bond acceptors (Lipinski definition) is 6. The molecule has 0 N–H and O–H groups in total. The van der Waals surface area contributed by atoms with Crippen molar-refractivity contribution in [3.05, 3.63) is 0 Å². The topological polar surface area (TPSA) is 55.4 Å². The molecule has 0 rings (SSSR count). The molecule has 6 nitrogen and oxygen atoms in total. The minimum atomic E-state index is -1.89. The molecule has 0 saturated carbocycles. The Hall–Kier alpha value is 0.628. The van der Waals surface area contributed by atoms with Gasteiger partial charge in [0.05, 0.1) is 0 Å². The zero-order valence-corrected chi connectivity index (χ0v) is 30.4. The van der Waals surface area contributed by atoms with E-state index < -0.39 is 34.5 Å². The lowest BCUT2D eigenvalue weighted by Gasteiger charge is -2.23. The fourth-order valence-electron chi connectivity index (χ4n) is 4.99. The molecule has 0 aliphatic heterocycles. The van der Waals surface area contributed by atoms with Gasteiger partial charge < -0.3 is 26.6 Å². The highest BCUT2D eigenvalue weighted by molar-refractivity contribution is 6.66. The quantitative estimate of drug-likeness (QED) is 0.0707. The van der Waals surface area contributed by atoms with Crippen molar-refractivity contribution in [3.63, 3.8) is 0 Å². The van der Waals surface area contributed by atoms with Crippen molar-refractivity contribution in [3.8, 4) is 0 Å². The largest absolute Gasteiger partial charge is 0.398 e. The predicted octanol–water partition coefficient (Wildman–Crippen LogP) is 7.99. The minimum absolute atomic E-state index is 0.647. The molecule has 10 heteroatoms. The van der Waals surface area contributed by atoms with Crippen molar-refractivity contribution in [2.75, 3.05) is 42.7 Å². The molecule has 0 atom stereocenters. The fourth-order valence-corrected chi connectivity index (χ4v) is 12.9. The van der Waals surface area contributed by atoms with Crippen molar-refractivity contribution in [1.82, 2.24) is 0 Å². The van der Waals surface area contributed by atoms with Gasteiger partial charge in [0.1, 0.15) is 0 Å². The molecule has 0 amide bonds. The van der Waals surface area contributed by atoms with Crippen LogP contribution in [0.15, 0.2) is 0 Å². The van der Waals surface area contributed by atoms with Gasteiger partial charge in [-0.2, -0.15) is 0 Å². The Morgan fingerprint density at radius 3 is 0.784 bits per heavy atom. The van der Waals surface area contributed by atoms with Gasteiger partial charge in [-0.05, 0) is 37.8 Å². The van der Waals surface area contributed by atoms with E-state index in [1.807, 2.05) is 0 Å². The molecule has 0 aliphatic rings. The Morgan fingerprint density at radius 2 is 0.568 bits per heavy atom. The third-order valence-electron chi connectivity index (χ3n) is 8.57. The monoisotopic (exact) mass is 596 g/mol. The van der Waals surface area contributed by atoms with Crippen molar-refractivity contribution in [2.45, 2.75) is 133 Å². The van der Waals surface area contributed by atoms with Crippen LogP contribution >= 0.6 is 0 Å². The maximum atomic E-state index is 5.64. The average Bonchev–Trinajstić information content (AvgIpc) is 2.93. The molecule has 0 radical (unpaired) electrons. The van der Waals surface area contributed by atoms with Crippen LogP contribution in [0.4, 0.5) is 0 Å². The first-order chi connectivity index (χ1) is 17.6. The molecule has 0 aromatic heterocycles. The molecule has 0 fully saturated rings. The lowest BCUT2D eigenvalue weighted by Crippen LogP contribution is -2.35. The zero-order valence-electron chi connectivity index (χ0n) is 26.3. The van der Waals surface area contributed by atoms with Crippen LogP contribution in [0.25, 0.3) is 0 Å². The van der Waals surface area contributed by atoms with Gasteiger partial charge in [0, 0.05) is 51.5 Å². The molecule has 0 bridgehead atoms. The zero-order chi connectivity index (χ0) is 28.0. The van der Waals surface area contributed by atoms with E-state index in [0.29, 0.717) is 0 Å². The second kappa shape index (κ2) is 22.3. The lowest BCUT2D eigenvalue weighted by molar-refractivity contribution is 0.247. The molecule has 0 aliphatic carbocycles. The third-order valence-corrected chi connectivity index (χ3v) is 21.2. The minimum Gasteiger partial charge on any atom is -0.398 e. The molecule has 0 heterocycles. The lowest BCUT2D eigenvalue weighted by atomic mass is 10.2. The molecule has 0 aromatic rings. The summed E-state index contributed by atoms with van der Waals surface area (Å²) in [4.78, 5) is 0. The highest BCUT2D eigenvalue weighted by Gasteiger charge is 2.29. The van der Waals surface area contributed by atoms with E-state index in [-0.39, 0.29) is 0 Å². The summed E-state index contributed by atoms with van der Waals surface area (Å²) in [5, 5.41) is 0. The van der Waals surface area contributed by atoms with E-state index in [1.165, 1.54) is 95.2 Å². The summed E-state index contributed by atoms with van der Waals surface area (Å²) in [6, 6.07) is 7.93. The van der Waals surface area contributed by atoms with Gasteiger partial charge >= 0.3 is 25.7 Å². The first-order valence-corrected chi connectivity index (χ1v) is 25.0. The van der Waals surface area contributed by atoms with Crippen LogP contribution < -0.4 is 0 Å². The van der Waals surface area contributed by atoms with Crippen LogP contribution in [-0.4, -0.2) is 77.1 Å². The second-order valence-corrected chi connectivity index (χ2v) is 25.6. The molecular formula is C27H64O6Si4. The normalized spacial score (nSPS) is 13.1. The molecule has 0 unspecified atom stereocenters.